The second-order valence-electron chi connectivity index (χ2n) is 4.34. The molecular formula is C12H19N2+. The highest BCUT2D eigenvalue weighted by atomic mass is 15.1. The van der Waals surface area contributed by atoms with E-state index in [0.717, 1.165) is 12.6 Å². The fourth-order valence-corrected chi connectivity index (χ4v) is 1.56. The maximum Gasteiger partial charge on any atom is 0.101 e. The molecule has 2 heteroatoms. The highest BCUT2D eigenvalue weighted by Gasteiger charge is 2.24. The van der Waals surface area contributed by atoms with Crippen molar-refractivity contribution in [3.63, 3.8) is 0 Å². The van der Waals surface area contributed by atoms with Crippen molar-refractivity contribution in [2.45, 2.75) is 25.4 Å². The fourth-order valence-electron chi connectivity index (χ4n) is 1.56. The van der Waals surface area contributed by atoms with Gasteiger partial charge >= 0.3 is 0 Å². The lowest BCUT2D eigenvalue weighted by Gasteiger charge is -2.12. The van der Waals surface area contributed by atoms with Crippen molar-refractivity contribution in [3.8, 4) is 0 Å². The van der Waals surface area contributed by atoms with Gasteiger partial charge in [0.05, 0.1) is 6.04 Å². The molecule has 0 atom stereocenters. The summed E-state index contributed by atoms with van der Waals surface area (Å²) in [7, 11) is 4.15. The molecule has 0 unspecified atom stereocenters. The predicted molar refractivity (Wildman–Crippen MR) is 59.4 cm³/mol. The highest BCUT2D eigenvalue weighted by Crippen LogP contribution is 2.15. The van der Waals surface area contributed by atoms with Gasteiger partial charge in [0.25, 0.3) is 0 Å². The molecule has 2 nitrogen and oxygen atoms in total. The third-order valence-corrected chi connectivity index (χ3v) is 2.76. The molecule has 2 N–H and O–H groups in total. The van der Waals surface area contributed by atoms with E-state index < -0.39 is 0 Å². The number of nitrogens with two attached hydrogens (primary N) is 1. The maximum atomic E-state index is 2.45. The fraction of sp³-hybridized carbons (Fsp3) is 0.500. The van der Waals surface area contributed by atoms with E-state index in [9.17, 15) is 0 Å². The van der Waals surface area contributed by atoms with E-state index in [1.165, 1.54) is 24.1 Å². The Morgan fingerprint density at radius 2 is 1.86 bits per heavy atom. The van der Waals surface area contributed by atoms with E-state index >= 15 is 0 Å². The molecule has 0 radical (unpaired) electrons. The molecule has 1 aliphatic carbocycles. The smallest absolute Gasteiger partial charge is 0.101 e. The lowest BCUT2D eigenvalue weighted by Crippen LogP contribution is -2.84. The number of rotatable bonds is 4. The normalized spacial score (nSPS) is 15.6. The molecule has 0 amide bonds. The minimum atomic E-state index is 0.920. The van der Waals surface area contributed by atoms with Gasteiger partial charge in [0, 0.05) is 38.2 Å². The van der Waals surface area contributed by atoms with Gasteiger partial charge in [0.2, 0.25) is 0 Å². The standard InChI is InChI=1S/C12H18N2/c1-14(2)12-7-3-10(4-8-12)9-13-11-5-6-11/h3-4,7-8,11,13H,5-6,9H2,1-2H3/p+1. The van der Waals surface area contributed by atoms with Crippen molar-refractivity contribution in [2.75, 3.05) is 19.0 Å². The largest absolute Gasteiger partial charge is 0.378 e. The van der Waals surface area contributed by atoms with E-state index in [1.54, 1.807) is 0 Å². The van der Waals surface area contributed by atoms with Crippen LogP contribution in [0.15, 0.2) is 24.3 Å². The summed E-state index contributed by atoms with van der Waals surface area (Å²) in [5, 5.41) is 2.45. The summed E-state index contributed by atoms with van der Waals surface area (Å²) in [5.74, 6) is 0. The van der Waals surface area contributed by atoms with E-state index in [0.29, 0.717) is 0 Å². The monoisotopic (exact) mass is 191 g/mol. The first-order valence-electron chi connectivity index (χ1n) is 5.35. The van der Waals surface area contributed by atoms with Gasteiger partial charge in [-0.05, 0) is 12.1 Å². The Morgan fingerprint density at radius 3 is 2.36 bits per heavy atom. The maximum absolute atomic E-state index is 2.45. The number of hydrogen-bond acceptors (Lipinski definition) is 1. The lowest BCUT2D eigenvalue weighted by atomic mass is 10.2. The molecule has 0 bridgehead atoms. The highest BCUT2D eigenvalue weighted by molar-refractivity contribution is 5.45. The van der Waals surface area contributed by atoms with Gasteiger partial charge in [-0.3, -0.25) is 0 Å². The quantitative estimate of drug-likeness (QED) is 0.752. The summed E-state index contributed by atoms with van der Waals surface area (Å²) in [4.78, 5) is 2.13. The van der Waals surface area contributed by atoms with Gasteiger partial charge in [0.15, 0.2) is 0 Å². The van der Waals surface area contributed by atoms with E-state index in [-0.39, 0.29) is 0 Å². The molecule has 14 heavy (non-hydrogen) atoms. The van der Waals surface area contributed by atoms with Gasteiger partial charge in [-0.2, -0.15) is 0 Å². The Bertz CT molecular complexity index is 286. The van der Waals surface area contributed by atoms with Crippen LogP contribution in [0.5, 0.6) is 0 Å². The molecule has 0 heterocycles. The van der Waals surface area contributed by atoms with Crippen LogP contribution >= 0.6 is 0 Å². The molecule has 1 fully saturated rings. The molecule has 0 aromatic heterocycles. The zero-order valence-corrected chi connectivity index (χ0v) is 9.03. The average molecular weight is 191 g/mol. The Kier molecular flexibility index (Phi) is 2.73. The van der Waals surface area contributed by atoms with Crippen molar-refractivity contribution in [2.24, 2.45) is 0 Å². The molecule has 1 aromatic carbocycles. The molecular weight excluding hydrogens is 172 g/mol. The van der Waals surface area contributed by atoms with Crippen LogP contribution in [0.1, 0.15) is 18.4 Å². The van der Waals surface area contributed by atoms with E-state index in [4.69, 9.17) is 0 Å². The van der Waals surface area contributed by atoms with Crippen molar-refractivity contribution in [1.82, 2.24) is 0 Å². The van der Waals surface area contributed by atoms with E-state index in [2.05, 4.69) is 48.6 Å². The van der Waals surface area contributed by atoms with Gasteiger partial charge in [-0.25, -0.2) is 0 Å². The zero-order valence-electron chi connectivity index (χ0n) is 9.03. The molecule has 0 saturated heterocycles. The number of quaternary nitrogens is 1. The molecule has 2 rings (SSSR count). The van der Waals surface area contributed by atoms with Crippen LogP contribution in [0.2, 0.25) is 0 Å². The summed E-state index contributed by atoms with van der Waals surface area (Å²) in [6.07, 6.45) is 2.82. The van der Waals surface area contributed by atoms with Crippen LogP contribution in [0.25, 0.3) is 0 Å². The number of hydrogen-bond donors (Lipinski definition) is 1. The third-order valence-electron chi connectivity index (χ3n) is 2.76. The molecule has 0 aliphatic heterocycles. The zero-order chi connectivity index (χ0) is 9.97. The first kappa shape index (κ1) is 9.53. The van der Waals surface area contributed by atoms with Crippen molar-refractivity contribution >= 4 is 5.69 Å². The first-order chi connectivity index (χ1) is 6.75. The number of anilines is 1. The van der Waals surface area contributed by atoms with Gasteiger partial charge < -0.3 is 10.2 Å². The van der Waals surface area contributed by atoms with Crippen LogP contribution < -0.4 is 10.2 Å². The molecule has 1 aliphatic rings. The van der Waals surface area contributed by atoms with Gasteiger partial charge in [0.1, 0.15) is 6.54 Å². The average Bonchev–Trinajstić information content (AvgIpc) is 2.99. The van der Waals surface area contributed by atoms with Crippen molar-refractivity contribution < 1.29 is 5.32 Å². The van der Waals surface area contributed by atoms with Crippen molar-refractivity contribution in [3.05, 3.63) is 29.8 Å². The summed E-state index contributed by atoms with van der Waals surface area (Å²) in [6, 6.07) is 9.76. The topological polar surface area (TPSA) is 19.9 Å². The third kappa shape index (κ3) is 2.48. The minimum absolute atomic E-state index is 0.920. The molecule has 0 spiro atoms. The summed E-state index contributed by atoms with van der Waals surface area (Å²) in [5.41, 5.74) is 2.71. The molecule has 76 valence electrons. The summed E-state index contributed by atoms with van der Waals surface area (Å²) in [6.45, 7) is 1.14. The summed E-state index contributed by atoms with van der Waals surface area (Å²) >= 11 is 0. The summed E-state index contributed by atoms with van der Waals surface area (Å²) < 4.78 is 0. The Hall–Kier alpha value is -1.02. The van der Waals surface area contributed by atoms with Crippen LogP contribution in [-0.2, 0) is 6.54 Å². The Balaban J connectivity index is 1.91. The van der Waals surface area contributed by atoms with Crippen LogP contribution in [0, 0.1) is 0 Å². The minimum Gasteiger partial charge on any atom is -0.378 e. The number of benzene rings is 1. The van der Waals surface area contributed by atoms with Crippen molar-refractivity contribution in [1.29, 1.82) is 0 Å². The van der Waals surface area contributed by atoms with Gasteiger partial charge in [-0.15, -0.1) is 0 Å². The lowest BCUT2D eigenvalue weighted by molar-refractivity contribution is -0.683. The SMILES string of the molecule is CN(C)c1ccc(C[NH2+]C2CC2)cc1. The first-order valence-corrected chi connectivity index (χ1v) is 5.35. The van der Waals surface area contributed by atoms with E-state index in [1.807, 2.05) is 0 Å². The predicted octanol–water partition coefficient (Wildman–Crippen LogP) is 0.978. The molecule has 1 aromatic rings. The van der Waals surface area contributed by atoms with Crippen LogP contribution in [0.4, 0.5) is 5.69 Å². The van der Waals surface area contributed by atoms with Crippen LogP contribution in [-0.4, -0.2) is 20.1 Å². The van der Waals surface area contributed by atoms with Crippen LogP contribution in [0.3, 0.4) is 0 Å². The number of nitrogens with zero attached hydrogens (tertiary/aromatic N) is 1. The molecule has 1 saturated carbocycles. The Labute approximate surface area is 85.9 Å². The second kappa shape index (κ2) is 4.01. The van der Waals surface area contributed by atoms with Gasteiger partial charge in [-0.1, -0.05) is 12.1 Å². The second-order valence-corrected chi connectivity index (χ2v) is 4.34. The Morgan fingerprint density at radius 1 is 1.21 bits per heavy atom.